The van der Waals surface area contributed by atoms with Gasteiger partial charge in [0.25, 0.3) is 0 Å². The Bertz CT molecular complexity index is 1880. The Hall–Kier alpha value is -4.24. The number of rotatable bonds is 6. The highest BCUT2D eigenvalue weighted by Gasteiger charge is 2.49. The van der Waals surface area contributed by atoms with Crippen LogP contribution in [0.3, 0.4) is 0 Å². The Morgan fingerprint density at radius 3 is 2.74 bits per heavy atom. The number of aromatic nitrogens is 5. The summed E-state index contributed by atoms with van der Waals surface area (Å²) in [6.45, 7) is 4.80. The highest BCUT2D eigenvalue weighted by Crippen LogP contribution is 2.47. The molecule has 0 bridgehead atoms. The molecular formula is C31H32ClF4N9O2. The molecule has 0 aromatic carbocycles. The minimum Gasteiger partial charge on any atom is -0.475 e. The zero-order chi connectivity index (χ0) is 33.2. The lowest BCUT2D eigenvalue weighted by atomic mass is 9.95. The first kappa shape index (κ1) is 31.4. The molecule has 248 valence electrons. The van der Waals surface area contributed by atoms with E-state index in [1.165, 1.54) is 6.92 Å². The lowest BCUT2D eigenvalue weighted by Gasteiger charge is -2.32. The van der Waals surface area contributed by atoms with E-state index >= 15 is 0 Å². The van der Waals surface area contributed by atoms with Gasteiger partial charge in [-0.15, -0.1) is 0 Å². The molecule has 11 nitrogen and oxygen atoms in total. The molecule has 2 saturated heterocycles. The number of nitrogen functional groups attached to an aromatic ring is 2. The molecule has 7 heterocycles. The van der Waals surface area contributed by atoms with Crippen LogP contribution in [0.2, 0.25) is 5.02 Å². The van der Waals surface area contributed by atoms with Crippen LogP contribution in [-0.4, -0.2) is 74.4 Å². The number of hydrogen-bond acceptors (Lipinski definition) is 11. The molecule has 16 heteroatoms. The second kappa shape index (κ2) is 11.5. The van der Waals surface area contributed by atoms with Gasteiger partial charge in [0.2, 0.25) is 5.88 Å². The van der Waals surface area contributed by atoms with Crippen molar-refractivity contribution in [1.82, 2.24) is 29.8 Å². The second-order valence-corrected chi connectivity index (χ2v) is 12.7. The smallest absolute Gasteiger partial charge is 0.418 e. The molecule has 3 aliphatic heterocycles. The van der Waals surface area contributed by atoms with Crippen molar-refractivity contribution in [3.63, 3.8) is 0 Å². The summed E-state index contributed by atoms with van der Waals surface area (Å²) in [6, 6.07) is 4.29. The molecule has 3 aliphatic rings. The number of pyridine rings is 3. The molecule has 0 aliphatic carbocycles. The molecule has 4 N–H and O–H groups in total. The van der Waals surface area contributed by atoms with E-state index in [1.807, 2.05) is 17.9 Å². The molecule has 7 rings (SSSR count). The van der Waals surface area contributed by atoms with E-state index in [0.717, 1.165) is 31.0 Å². The maximum Gasteiger partial charge on any atom is 0.418 e. The topological polar surface area (TPSA) is 141 Å². The summed E-state index contributed by atoms with van der Waals surface area (Å²) in [5.74, 6) is 0.489. The summed E-state index contributed by atoms with van der Waals surface area (Å²) in [7, 11) is 0. The molecule has 0 unspecified atom stereocenters. The minimum absolute atomic E-state index is 0.0264. The number of alkyl halides is 4. The first-order valence-electron chi connectivity index (χ1n) is 15.2. The van der Waals surface area contributed by atoms with Crippen molar-refractivity contribution in [2.75, 3.05) is 49.2 Å². The van der Waals surface area contributed by atoms with Gasteiger partial charge < -0.3 is 25.8 Å². The molecule has 47 heavy (non-hydrogen) atoms. The summed E-state index contributed by atoms with van der Waals surface area (Å²) in [5.41, 5.74) is 10.4. The van der Waals surface area contributed by atoms with E-state index in [0.29, 0.717) is 24.6 Å². The van der Waals surface area contributed by atoms with Crippen molar-refractivity contribution < 1.29 is 27.0 Å². The Labute approximate surface area is 272 Å². The molecule has 0 radical (unpaired) electrons. The summed E-state index contributed by atoms with van der Waals surface area (Å²) < 4.78 is 70.0. The number of halogens is 5. The fourth-order valence-electron chi connectivity index (χ4n) is 7.19. The van der Waals surface area contributed by atoms with E-state index in [1.54, 1.807) is 12.3 Å². The van der Waals surface area contributed by atoms with Gasteiger partial charge >= 0.3 is 12.2 Å². The van der Waals surface area contributed by atoms with E-state index in [2.05, 4.69) is 24.8 Å². The quantitative estimate of drug-likeness (QED) is 0.249. The maximum absolute atomic E-state index is 14.5. The highest BCUT2D eigenvalue weighted by atomic mass is 35.5. The van der Waals surface area contributed by atoms with Crippen LogP contribution in [0.5, 0.6) is 11.9 Å². The van der Waals surface area contributed by atoms with Crippen LogP contribution in [0.25, 0.3) is 22.3 Å². The van der Waals surface area contributed by atoms with Gasteiger partial charge in [0.05, 0.1) is 28.7 Å². The molecule has 0 saturated carbocycles. The van der Waals surface area contributed by atoms with Crippen LogP contribution in [0.4, 0.5) is 35.0 Å². The van der Waals surface area contributed by atoms with Gasteiger partial charge in [-0.05, 0) is 50.9 Å². The summed E-state index contributed by atoms with van der Waals surface area (Å²) in [5, 5.41) is 0.0574. The predicted octanol–water partition coefficient (Wildman–Crippen LogP) is 5.54. The number of fused-ring (bicyclic) bond motifs is 1. The third kappa shape index (κ3) is 5.38. The third-order valence-corrected chi connectivity index (χ3v) is 9.68. The Balaban J connectivity index is 1.43. The molecule has 4 aromatic rings. The Morgan fingerprint density at radius 1 is 1.17 bits per heavy atom. The summed E-state index contributed by atoms with van der Waals surface area (Å²) in [6.07, 6.45) is -2.19. The highest BCUT2D eigenvalue weighted by molar-refractivity contribution is 6.38. The normalized spacial score (nSPS) is 21.9. The Morgan fingerprint density at radius 2 is 1.98 bits per heavy atom. The van der Waals surface area contributed by atoms with Crippen LogP contribution in [0.1, 0.15) is 48.9 Å². The van der Waals surface area contributed by atoms with Crippen LogP contribution in [0.15, 0.2) is 24.4 Å². The average Bonchev–Trinajstić information content (AvgIpc) is 3.46. The molecule has 4 aromatic heterocycles. The number of aryl methyl sites for hydroxylation is 1. The number of nitrogens with two attached hydrogens (primary N) is 2. The van der Waals surface area contributed by atoms with Gasteiger partial charge in [0.15, 0.2) is 0 Å². The molecule has 0 amide bonds. The fourth-order valence-corrected chi connectivity index (χ4v) is 7.46. The number of nitrogens with zero attached hydrogens (tertiary/aromatic N) is 7. The van der Waals surface area contributed by atoms with Crippen molar-refractivity contribution in [2.24, 2.45) is 0 Å². The SMILES string of the molecule is Cc1cc(N)nc(-c2nc3c4c(nc(OC[C@@]56CCCN5C[C@H](F)C6)nc4c2Cl)N([C@H](C)c2cccnc2N)CCO3)c1C(F)(F)F. The largest absolute Gasteiger partial charge is 0.475 e. The van der Waals surface area contributed by atoms with E-state index < -0.39 is 29.1 Å². The minimum atomic E-state index is -4.79. The number of hydrogen-bond donors (Lipinski definition) is 2. The monoisotopic (exact) mass is 673 g/mol. The fraction of sp³-hybridized carbons (Fsp3) is 0.452. The number of anilines is 3. The van der Waals surface area contributed by atoms with Crippen LogP contribution < -0.4 is 25.8 Å². The summed E-state index contributed by atoms with van der Waals surface area (Å²) in [4.78, 5) is 26.2. The van der Waals surface area contributed by atoms with E-state index in [-0.39, 0.29) is 70.7 Å². The van der Waals surface area contributed by atoms with Crippen molar-refractivity contribution in [2.45, 2.75) is 57.0 Å². The van der Waals surface area contributed by atoms with E-state index in [4.69, 9.17) is 37.5 Å². The lowest BCUT2D eigenvalue weighted by Crippen LogP contribution is -2.43. The molecular weight excluding hydrogens is 642 g/mol. The maximum atomic E-state index is 14.5. The molecule has 0 spiro atoms. The lowest BCUT2D eigenvalue weighted by molar-refractivity contribution is -0.137. The number of ether oxygens (including phenoxy) is 2. The zero-order valence-corrected chi connectivity index (χ0v) is 26.4. The standard InChI is InChI=1S/C31H32ClF4N9O2/c1-15-11-19(37)40-24(21(15)31(34,35)36)25-22(32)23-20-27(43-29(42-23)47-14-30-6-4-8-44(30)13-17(33)12-30)45(9-10-46-28(20)41-25)16(2)18-5-3-7-39-26(18)38/h3,5,7,11,16-17H,4,6,8-10,12-14H2,1-2H3,(H2,37,40)(H2,38,39)/t16-,17-,30+/m1/s1. The first-order chi connectivity index (χ1) is 22.4. The van der Waals surface area contributed by atoms with E-state index in [9.17, 15) is 17.6 Å². The second-order valence-electron chi connectivity index (χ2n) is 12.3. The van der Waals surface area contributed by atoms with Crippen LogP contribution >= 0.6 is 11.6 Å². The molecule has 3 atom stereocenters. The van der Waals surface area contributed by atoms with Gasteiger partial charge in [0, 0.05) is 24.7 Å². The third-order valence-electron chi connectivity index (χ3n) is 9.32. The Kier molecular flexibility index (Phi) is 7.66. The van der Waals surface area contributed by atoms with Crippen molar-refractivity contribution in [1.29, 1.82) is 0 Å². The van der Waals surface area contributed by atoms with Crippen LogP contribution in [-0.2, 0) is 6.18 Å². The summed E-state index contributed by atoms with van der Waals surface area (Å²) >= 11 is 6.94. The molecule has 2 fully saturated rings. The average molecular weight is 674 g/mol. The zero-order valence-electron chi connectivity index (χ0n) is 25.6. The van der Waals surface area contributed by atoms with Crippen LogP contribution in [0, 0.1) is 6.92 Å². The van der Waals surface area contributed by atoms with Crippen molar-refractivity contribution >= 4 is 40.0 Å². The predicted molar refractivity (Wildman–Crippen MR) is 168 cm³/mol. The van der Waals surface area contributed by atoms with Gasteiger partial charge in [-0.25, -0.2) is 19.3 Å². The van der Waals surface area contributed by atoms with Crippen molar-refractivity contribution in [3.8, 4) is 23.3 Å². The van der Waals surface area contributed by atoms with Gasteiger partial charge in [-0.3, -0.25) is 4.90 Å². The van der Waals surface area contributed by atoms with Gasteiger partial charge in [-0.2, -0.15) is 23.1 Å². The van der Waals surface area contributed by atoms with Gasteiger partial charge in [0.1, 0.15) is 59.1 Å². The first-order valence-corrected chi connectivity index (χ1v) is 15.6. The van der Waals surface area contributed by atoms with Crippen molar-refractivity contribution in [3.05, 3.63) is 46.1 Å². The van der Waals surface area contributed by atoms with Gasteiger partial charge in [-0.1, -0.05) is 17.7 Å².